The van der Waals surface area contributed by atoms with E-state index in [9.17, 15) is 9.59 Å². The predicted octanol–water partition coefficient (Wildman–Crippen LogP) is 2.42. The van der Waals surface area contributed by atoms with Crippen LogP contribution in [0.5, 0.6) is 0 Å². The van der Waals surface area contributed by atoms with Gasteiger partial charge < -0.3 is 10.4 Å². The zero-order valence-corrected chi connectivity index (χ0v) is 12.8. The van der Waals surface area contributed by atoms with Crippen molar-refractivity contribution < 1.29 is 14.7 Å². The first-order valence-electron chi connectivity index (χ1n) is 7.37. The standard InChI is InChI=1S/C16H24N2O3/c1-4-8-14(16(20)21)17-11(3)15(19)18-13-10-7-6-9-12(13)5-2/h6-7,9-11,14,17H,4-5,8H2,1-3H3,(H,18,19)(H,20,21). The smallest absolute Gasteiger partial charge is 0.320 e. The normalized spacial score (nSPS) is 13.5. The van der Waals surface area contributed by atoms with Crippen LogP contribution in [0.15, 0.2) is 24.3 Å². The number of carboxylic acids is 1. The number of benzene rings is 1. The third-order valence-corrected chi connectivity index (χ3v) is 3.38. The summed E-state index contributed by atoms with van der Waals surface area (Å²) in [6.07, 6.45) is 2.07. The molecule has 0 fully saturated rings. The molecule has 5 nitrogen and oxygen atoms in total. The molecule has 0 aliphatic rings. The zero-order valence-electron chi connectivity index (χ0n) is 12.8. The van der Waals surface area contributed by atoms with Crippen molar-refractivity contribution in [3.63, 3.8) is 0 Å². The van der Waals surface area contributed by atoms with Gasteiger partial charge in [0.25, 0.3) is 0 Å². The van der Waals surface area contributed by atoms with Crippen LogP contribution in [0.3, 0.4) is 0 Å². The Balaban J connectivity index is 2.68. The van der Waals surface area contributed by atoms with Gasteiger partial charge in [-0.2, -0.15) is 0 Å². The fourth-order valence-electron chi connectivity index (χ4n) is 2.14. The Labute approximate surface area is 125 Å². The first-order valence-corrected chi connectivity index (χ1v) is 7.37. The Bertz CT molecular complexity index is 488. The van der Waals surface area contributed by atoms with Crippen LogP contribution in [0.1, 0.15) is 39.2 Å². The molecule has 0 aliphatic heterocycles. The van der Waals surface area contributed by atoms with Crippen molar-refractivity contribution in [1.29, 1.82) is 0 Å². The lowest BCUT2D eigenvalue weighted by molar-refractivity contribution is -0.140. The van der Waals surface area contributed by atoms with E-state index in [4.69, 9.17) is 5.11 Å². The van der Waals surface area contributed by atoms with Gasteiger partial charge in [-0.3, -0.25) is 14.9 Å². The number of carbonyl (C=O) groups is 2. The number of aryl methyl sites for hydroxylation is 1. The van der Waals surface area contributed by atoms with Gasteiger partial charge in [0.05, 0.1) is 6.04 Å². The molecule has 0 bridgehead atoms. The van der Waals surface area contributed by atoms with E-state index in [0.717, 1.165) is 24.1 Å². The molecule has 0 spiro atoms. The molecule has 0 saturated carbocycles. The summed E-state index contributed by atoms with van der Waals surface area (Å²) in [5.74, 6) is -1.15. The summed E-state index contributed by atoms with van der Waals surface area (Å²) in [6.45, 7) is 5.61. The third-order valence-electron chi connectivity index (χ3n) is 3.38. The molecule has 1 aromatic rings. The fraction of sp³-hybridized carbons (Fsp3) is 0.500. The second kappa shape index (κ2) is 8.42. The molecular formula is C16H24N2O3. The predicted molar refractivity (Wildman–Crippen MR) is 83.4 cm³/mol. The number of carboxylic acid groups (broad SMARTS) is 1. The van der Waals surface area contributed by atoms with E-state index in [1.165, 1.54) is 0 Å². The highest BCUT2D eigenvalue weighted by Crippen LogP contribution is 2.15. The van der Waals surface area contributed by atoms with Crippen molar-refractivity contribution in [3.05, 3.63) is 29.8 Å². The highest BCUT2D eigenvalue weighted by atomic mass is 16.4. The lowest BCUT2D eigenvalue weighted by atomic mass is 10.1. The Kier molecular flexibility index (Phi) is 6.88. The molecule has 2 unspecified atom stereocenters. The van der Waals surface area contributed by atoms with Crippen molar-refractivity contribution >= 4 is 17.6 Å². The van der Waals surface area contributed by atoms with Crippen LogP contribution >= 0.6 is 0 Å². The molecule has 5 heteroatoms. The van der Waals surface area contributed by atoms with Gasteiger partial charge in [-0.25, -0.2) is 0 Å². The topological polar surface area (TPSA) is 78.4 Å². The largest absolute Gasteiger partial charge is 0.480 e. The summed E-state index contributed by atoms with van der Waals surface area (Å²) < 4.78 is 0. The van der Waals surface area contributed by atoms with Crippen molar-refractivity contribution in [1.82, 2.24) is 5.32 Å². The van der Waals surface area contributed by atoms with E-state index < -0.39 is 18.1 Å². The van der Waals surface area contributed by atoms with E-state index in [2.05, 4.69) is 10.6 Å². The summed E-state index contributed by atoms with van der Waals surface area (Å²) in [4.78, 5) is 23.3. The molecule has 21 heavy (non-hydrogen) atoms. The van der Waals surface area contributed by atoms with Crippen molar-refractivity contribution in [3.8, 4) is 0 Å². The molecule has 1 amide bonds. The molecule has 1 aromatic carbocycles. The third kappa shape index (κ3) is 5.19. The van der Waals surface area contributed by atoms with Crippen LogP contribution in [-0.2, 0) is 16.0 Å². The van der Waals surface area contributed by atoms with Crippen molar-refractivity contribution in [2.24, 2.45) is 0 Å². The second-order valence-electron chi connectivity index (χ2n) is 5.07. The van der Waals surface area contributed by atoms with Crippen molar-refractivity contribution in [2.45, 2.75) is 52.1 Å². The van der Waals surface area contributed by atoms with Crippen LogP contribution in [0.4, 0.5) is 5.69 Å². The monoisotopic (exact) mass is 292 g/mol. The summed E-state index contributed by atoms with van der Waals surface area (Å²) in [7, 11) is 0. The molecule has 3 N–H and O–H groups in total. The second-order valence-corrected chi connectivity index (χ2v) is 5.07. The van der Waals surface area contributed by atoms with Crippen LogP contribution < -0.4 is 10.6 Å². The maximum Gasteiger partial charge on any atom is 0.320 e. The van der Waals surface area contributed by atoms with Gasteiger partial charge in [-0.1, -0.05) is 38.5 Å². The van der Waals surface area contributed by atoms with E-state index in [-0.39, 0.29) is 5.91 Å². The number of carbonyl (C=O) groups excluding carboxylic acids is 1. The minimum absolute atomic E-state index is 0.224. The molecule has 0 aromatic heterocycles. The summed E-state index contributed by atoms with van der Waals surface area (Å²) >= 11 is 0. The van der Waals surface area contributed by atoms with Gasteiger partial charge in [0.2, 0.25) is 5.91 Å². The van der Waals surface area contributed by atoms with E-state index in [1.54, 1.807) is 6.92 Å². The van der Waals surface area contributed by atoms with E-state index in [1.807, 2.05) is 38.1 Å². The molecule has 0 saturated heterocycles. The first kappa shape index (κ1) is 17.2. The molecular weight excluding hydrogens is 268 g/mol. The summed E-state index contributed by atoms with van der Waals surface area (Å²) in [5.41, 5.74) is 1.84. The highest BCUT2D eigenvalue weighted by molar-refractivity contribution is 5.95. The van der Waals surface area contributed by atoms with Gasteiger partial charge in [0, 0.05) is 5.69 Å². The van der Waals surface area contributed by atoms with Gasteiger partial charge in [-0.15, -0.1) is 0 Å². The quantitative estimate of drug-likeness (QED) is 0.687. The number of para-hydroxylation sites is 1. The summed E-state index contributed by atoms with van der Waals surface area (Å²) in [5, 5.41) is 14.8. The fourth-order valence-corrected chi connectivity index (χ4v) is 2.14. The Hall–Kier alpha value is -1.88. The van der Waals surface area contributed by atoms with Gasteiger partial charge in [0.15, 0.2) is 0 Å². The van der Waals surface area contributed by atoms with Gasteiger partial charge in [0.1, 0.15) is 6.04 Å². The molecule has 0 heterocycles. The number of nitrogens with one attached hydrogen (secondary N) is 2. The van der Waals surface area contributed by atoms with Crippen LogP contribution in [-0.4, -0.2) is 29.1 Å². The van der Waals surface area contributed by atoms with E-state index in [0.29, 0.717) is 6.42 Å². The molecule has 0 aliphatic carbocycles. The lowest BCUT2D eigenvalue weighted by Gasteiger charge is -2.20. The molecule has 116 valence electrons. The number of amides is 1. The number of anilines is 1. The minimum Gasteiger partial charge on any atom is -0.480 e. The number of aliphatic carboxylic acids is 1. The van der Waals surface area contributed by atoms with Gasteiger partial charge >= 0.3 is 5.97 Å². The number of hydrogen-bond acceptors (Lipinski definition) is 3. The zero-order chi connectivity index (χ0) is 15.8. The number of hydrogen-bond donors (Lipinski definition) is 3. The summed E-state index contributed by atoms with van der Waals surface area (Å²) in [6, 6.07) is 6.34. The average molecular weight is 292 g/mol. The Morgan fingerprint density at radius 1 is 1.24 bits per heavy atom. The average Bonchev–Trinajstić information content (AvgIpc) is 2.47. The SMILES string of the molecule is CCCC(NC(C)C(=O)Nc1ccccc1CC)C(=O)O. The van der Waals surface area contributed by atoms with E-state index >= 15 is 0 Å². The molecule has 1 rings (SSSR count). The minimum atomic E-state index is -0.926. The van der Waals surface area contributed by atoms with Crippen LogP contribution in [0.2, 0.25) is 0 Å². The maximum atomic E-state index is 12.2. The Morgan fingerprint density at radius 3 is 2.48 bits per heavy atom. The van der Waals surface area contributed by atoms with Gasteiger partial charge in [-0.05, 0) is 31.4 Å². The molecule has 2 atom stereocenters. The molecule has 0 radical (unpaired) electrons. The Morgan fingerprint density at radius 2 is 1.90 bits per heavy atom. The number of rotatable bonds is 8. The maximum absolute atomic E-state index is 12.2. The van der Waals surface area contributed by atoms with Crippen LogP contribution in [0, 0.1) is 0 Å². The highest BCUT2D eigenvalue weighted by Gasteiger charge is 2.22. The van der Waals surface area contributed by atoms with Crippen molar-refractivity contribution in [2.75, 3.05) is 5.32 Å². The first-order chi connectivity index (χ1) is 9.99. The lowest BCUT2D eigenvalue weighted by Crippen LogP contribution is -2.47. The van der Waals surface area contributed by atoms with Crippen LogP contribution in [0.25, 0.3) is 0 Å².